The summed E-state index contributed by atoms with van der Waals surface area (Å²) >= 11 is 0. The second kappa shape index (κ2) is 8.85. The molecule has 0 aliphatic rings. The molecule has 0 bridgehead atoms. The summed E-state index contributed by atoms with van der Waals surface area (Å²) in [6.07, 6.45) is 4.88. The molecule has 5 heteroatoms. The Morgan fingerprint density at radius 2 is 2.11 bits per heavy atom. The van der Waals surface area contributed by atoms with Crippen LogP contribution in [0, 0.1) is 6.92 Å². The van der Waals surface area contributed by atoms with Gasteiger partial charge in [0.2, 0.25) is 0 Å². The number of rotatable bonds is 9. The van der Waals surface area contributed by atoms with Gasteiger partial charge in [-0.25, -0.2) is 0 Å². The molecule has 0 aromatic carbocycles. The van der Waals surface area contributed by atoms with Crippen LogP contribution in [0.25, 0.3) is 0 Å². The summed E-state index contributed by atoms with van der Waals surface area (Å²) in [5.74, 6) is 0.179. The molecule has 3 N–H and O–H groups in total. The number of nitrogens with one attached hydrogen (secondary N) is 1. The van der Waals surface area contributed by atoms with E-state index in [2.05, 4.69) is 10.3 Å². The van der Waals surface area contributed by atoms with Crippen LogP contribution in [0.3, 0.4) is 0 Å². The number of hydrogen-bond donors (Lipinski definition) is 3. The van der Waals surface area contributed by atoms with E-state index in [1.165, 1.54) is 0 Å². The number of aryl methyl sites for hydroxylation is 1. The zero-order valence-electron chi connectivity index (χ0n) is 11.8. The molecule has 0 aliphatic heterocycles. The maximum Gasteiger partial charge on any atom is 0.141 e. The molecule has 1 rings (SSSR count). The van der Waals surface area contributed by atoms with Crippen LogP contribution in [0.2, 0.25) is 0 Å². The van der Waals surface area contributed by atoms with Crippen molar-refractivity contribution < 1.29 is 14.9 Å². The third-order valence-electron chi connectivity index (χ3n) is 3.10. The largest absolute Gasteiger partial charge is 0.506 e. The van der Waals surface area contributed by atoms with Crippen molar-refractivity contribution in [2.24, 2.45) is 0 Å². The van der Waals surface area contributed by atoms with Crippen LogP contribution in [-0.4, -0.2) is 35.5 Å². The second-order valence-electron chi connectivity index (χ2n) is 4.58. The first-order chi connectivity index (χ1) is 9.20. The van der Waals surface area contributed by atoms with E-state index in [-0.39, 0.29) is 12.4 Å². The molecule has 0 amide bonds. The first-order valence-corrected chi connectivity index (χ1v) is 6.67. The van der Waals surface area contributed by atoms with Crippen LogP contribution in [0.5, 0.6) is 5.75 Å². The lowest BCUT2D eigenvalue weighted by Crippen LogP contribution is -2.16. The van der Waals surface area contributed by atoms with Gasteiger partial charge in [0.15, 0.2) is 0 Å². The van der Waals surface area contributed by atoms with Gasteiger partial charge in [-0.15, -0.1) is 0 Å². The number of aliphatic hydroxyl groups excluding tert-OH is 1. The Morgan fingerprint density at radius 3 is 2.79 bits per heavy atom. The van der Waals surface area contributed by atoms with Gasteiger partial charge >= 0.3 is 0 Å². The Morgan fingerprint density at radius 1 is 1.32 bits per heavy atom. The Labute approximate surface area is 114 Å². The summed E-state index contributed by atoms with van der Waals surface area (Å²) in [6.45, 7) is 3.89. The van der Waals surface area contributed by atoms with Crippen molar-refractivity contribution in [3.8, 4) is 5.75 Å². The minimum absolute atomic E-state index is 0.105. The van der Waals surface area contributed by atoms with Gasteiger partial charge in [-0.3, -0.25) is 4.98 Å². The van der Waals surface area contributed by atoms with E-state index >= 15 is 0 Å². The number of pyridine rings is 1. The van der Waals surface area contributed by atoms with E-state index in [1.807, 2.05) is 0 Å². The maximum atomic E-state index is 9.95. The van der Waals surface area contributed by atoms with Crippen LogP contribution >= 0.6 is 0 Å². The van der Waals surface area contributed by atoms with Gasteiger partial charge in [0.05, 0.1) is 12.3 Å². The van der Waals surface area contributed by atoms with Crippen LogP contribution in [-0.2, 0) is 17.9 Å². The van der Waals surface area contributed by atoms with Crippen molar-refractivity contribution in [1.82, 2.24) is 10.3 Å². The van der Waals surface area contributed by atoms with Gasteiger partial charge in [-0.2, -0.15) is 0 Å². The molecule has 0 fully saturated rings. The van der Waals surface area contributed by atoms with Crippen molar-refractivity contribution >= 4 is 0 Å². The fourth-order valence-electron chi connectivity index (χ4n) is 1.90. The van der Waals surface area contributed by atoms with Gasteiger partial charge in [-0.1, -0.05) is 0 Å². The summed E-state index contributed by atoms with van der Waals surface area (Å²) in [7, 11) is 1.71. The Balaban J connectivity index is 2.38. The third kappa shape index (κ3) is 5.14. The van der Waals surface area contributed by atoms with Crippen molar-refractivity contribution in [2.75, 3.05) is 20.3 Å². The fourth-order valence-corrected chi connectivity index (χ4v) is 1.90. The van der Waals surface area contributed by atoms with E-state index < -0.39 is 0 Å². The quantitative estimate of drug-likeness (QED) is 0.592. The number of unbranched alkanes of at least 4 members (excludes halogenated alkanes) is 2. The van der Waals surface area contributed by atoms with Crippen LogP contribution < -0.4 is 5.32 Å². The highest BCUT2D eigenvalue weighted by atomic mass is 16.5. The molecule has 0 aliphatic carbocycles. The Bertz CT molecular complexity index is 383. The topological polar surface area (TPSA) is 74.6 Å². The average molecular weight is 268 g/mol. The van der Waals surface area contributed by atoms with Gasteiger partial charge in [0.1, 0.15) is 5.75 Å². The lowest BCUT2D eigenvalue weighted by atomic mass is 10.1. The molecular formula is C14H24N2O3. The minimum atomic E-state index is -0.105. The molecule has 1 heterocycles. The SMILES string of the molecule is COCCCCCNCc1c(CO)cnc(C)c1O. The lowest BCUT2D eigenvalue weighted by molar-refractivity contribution is 0.192. The van der Waals surface area contributed by atoms with E-state index in [9.17, 15) is 10.2 Å². The summed E-state index contributed by atoms with van der Waals surface area (Å²) < 4.78 is 4.99. The summed E-state index contributed by atoms with van der Waals surface area (Å²) in [4.78, 5) is 4.04. The minimum Gasteiger partial charge on any atom is -0.506 e. The van der Waals surface area contributed by atoms with Gasteiger partial charge in [-0.05, 0) is 32.7 Å². The molecule has 0 atom stereocenters. The van der Waals surface area contributed by atoms with Crippen molar-refractivity contribution in [3.63, 3.8) is 0 Å². The second-order valence-corrected chi connectivity index (χ2v) is 4.58. The predicted molar refractivity (Wildman–Crippen MR) is 74.0 cm³/mol. The number of hydrogen-bond acceptors (Lipinski definition) is 5. The predicted octanol–water partition coefficient (Wildman–Crippen LogP) is 1.49. The third-order valence-corrected chi connectivity index (χ3v) is 3.10. The molecule has 0 radical (unpaired) electrons. The van der Waals surface area contributed by atoms with Crippen molar-refractivity contribution in [3.05, 3.63) is 23.0 Å². The maximum absolute atomic E-state index is 9.95. The lowest BCUT2D eigenvalue weighted by Gasteiger charge is -2.12. The van der Waals surface area contributed by atoms with E-state index in [4.69, 9.17) is 4.74 Å². The first-order valence-electron chi connectivity index (χ1n) is 6.67. The molecule has 19 heavy (non-hydrogen) atoms. The zero-order chi connectivity index (χ0) is 14.1. The van der Waals surface area contributed by atoms with Gasteiger partial charge < -0.3 is 20.3 Å². The molecule has 1 aromatic heterocycles. The molecule has 0 spiro atoms. The van der Waals surface area contributed by atoms with E-state index in [1.54, 1.807) is 20.2 Å². The highest BCUT2D eigenvalue weighted by Crippen LogP contribution is 2.23. The van der Waals surface area contributed by atoms with E-state index in [0.29, 0.717) is 17.8 Å². The van der Waals surface area contributed by atoms with Gasteiger partial charge in [0.25, 0.3) is 0 Å². The Kier molecular flexibility index (Phi) is 7.40. The van der Waals surface area contributed by atoms with Crippen LogP contribution in [0.15, 0.2) is 6.20 Å². The van der Waals surface area contributed by atoms with Crippen LogP contribution in [0.1, 0.15) is 36.1 Å². The standard InChI is InChI=1S/C14H24N2O3/c1-11-14(18)13(12(10-17)8-16-11)9-15-6-4-3-5-7-19-2/h8,15,17-18H,3-7,9-10H2,1-2H3. The Hall–Kier alpha value is -1.17. The number of methoxy groups -OCH3 is 1. The van der Waals surface area contributed by atoms with Crippen molar-refractivity contribution in [2.45, 2.75) is 39.3 Å². The first kappa shape index (κ1) is 15.9. The average Bonchev–Trinajstić information content (AvgIpc) is 2.42. The normalized spacial score (nSPS) is 10.9. The van der Waals surface area contributed by atoms with Crippen molar-refractivity contribution in [1.29, 1.82) is 0 Å². The smallest absolute Gasteiger partial charge is 0.141 e. The molecule has 1 aromatic rings. The van der Waals surface area contributed by atoms with Gasteiger partial charge in [0, 0.05) is 37.6 Å². The summed E-state index contributed by atoms with van der Waals surface area (Å²) in [5, 5.41) is 22.5. The molecule has 0 saturated heterocycles. The zero-order valence-corrected chi connectivity index (χ0v) is 11.8. The summed E-state index contributed by atoms with van der Waals surface area (Å²) in [6, 6.07) is 0. The summed E-state index contributed by atoms with van der Waals surface area (Å²) in [5.41, 5.74) is 2.01. The monoisotopic (exact) mass is 268 g/mol. The van der Waals surface area contributed by atoms with Crippen LogP contribution in [0.4, 0.5) is 0 Å². The fraction of sp³-hybridized carbons (Fsp3) is 0.643. The number of aromatic nitrogens is 1. The highest BCUT2D eigenvalue weighted by Gasteiger charge is 2.10. The molecule has 0 saturated carbocycles. The molecule has 108 valence electrons. The number of aromatic hydroxyl groups is 1. The number of aliphatic hydroxyl groups is 1. The van der Waals surface area contributed by atoms with E-state index in [0.717, 1.165) is 38.0 Å². The number of nitrogens with zero attached hydrogens (tertiary/aromatic N) is 1. The molecule has 5 nitrogen and oxygen atoms in total. The number of ether oxygens (including phenoxy) is 1. The molecular weight excluding hydrogens is 244 g/mol. The highest BCUT2D eigenvalue weighted by molar-refractivity contribution is 5.40. The molecule has 0 unspecified atom stereocenters.